The first kappa shape index (κ1) is 14.3. The number of ether oxygens (including phenoxy) is 1. The molecule has 1 heterocycles. The Hall–Kier alpha value is -2.14. The molecule has 2 aromatic rings. The van der Waals surface area contributed by atoms with Gasteiger partial charge in [0.1, 0.15) is 11.3 Å². The third kappa shape index (κ3) is 3.05. The van der Waals surface area contributed by atoms with Crippen LogP contribution in [0.15, 0.2) is 30.5 Å². The van der Waals surface area contributed by atoms with E-state index in [-0.39, 0.29) is 12.5 Å². The van der Waals surface area contributed by atoms with Crippen LogP contribution < -0.4 is 10.5 Å². The third-order valence-electron chi connectivity index (χ3n) is 3.13. The van der Waals surface area contributed by atoms with Crippen molar-refractivity contribution in [3.8, 4) is 5.75 Å². The minimum atomic E-state index is -0.839. The molecule has 1 unspecified atom stereocenters. The van der Waals surface area contributed by atoms with E-state index in [1.54, 1.807) is 6.20 Å². The summed E-state index contributed by atoms with van der Waals surface area (Å²) in [5.74, 6) is -0.119. The molecular formula is C15H18N2O3. The zero-order valence-corrected chi connectivity index (χ0v) is 11.4. The van der Waals surface area contributed by atoms with E-state index in [0.29, 0.717) is 13.0 Å². The number of rotatable bonds is 6. The summed E-state index contributed by atoms with van der Waals surface area (Å²) in [6, 6.07) is 7.18. The number of pyridine rings is 1. The normalized spacial score (nSPS) is 12.3. The topological polar surface area (TPSA) is 85.4 Å². The molecule has 106 valence electrons. The Kier molecular flexibility index (Phi) is 4.53. The number of aliphatic carboxylic acids is 1. The average molecular weight is 274 g/mol. The van der Waals surface area contributed by atoms with Crippen LogP contribution in [0.5, 0.6) is 5.75 Å². The lowest BCUT2D eigenvalue weighted by atomic mass is 9.98. The summed E-state index contributed by atoms with van der Waals surface area (Å²) in [5, 5.41) is 9.66. The van der Waals surface area contributed by atoms with Crippen molar-refractivity contribution in [1.82, 2.24) is 4.98 Å². The van der Waals surface area contributed by atoms with Crippen LogP contribution in [-0.2, 0) is 4.79 Å². The Morgan fingerprint density at radius 2 is 2.25 bits per heavy atom. The third-order valence-corrected chi connectivity index (χ3v) is 3.13. The van der Waals surface area contributed by atoms with Crippen molar-refractivity contribution in [2.75, 3.05) is 6.61 Å². The van der Waals surface area contributed by atoms with Gasteiger partial charge < -0.3 is 15.6 Å². The second-order valence-electron chi connectivity index (χ2n) is 4.52. The van der Waals surface area contributed by atoms with Gasteiger partial charge in [0.25, 0.3) is 0 Å². The minimum absolute atomic E-state index is 0.0517. The molecule has 5 nitrogen and oxygen atoms in total. The molecular weight excluding hydrogens is 256 g/mol. The number of nitrogens with two attached hydrogens (primary N) is 1. The Bertz CT molecular complexity index is 613. The molecule has 0 fully saturated rings. The van der Waals surface area contributed by atoms with E-state index in [1.807, 2.05) is 31.2 Å². The average Bonchev–Trinajstić information content (AvgIpc) is 2.45. The van der Waals surface area contributed by atoms with E-state index >= 15 is 0 Å². The lowest BCUT2D eigenvalue weighted by Crippen LogP contribution is -2.13. The van der Waals surface area contributed by atoms with E-state index in [1.165, 1.54) is 0 Å². The second-order valence-corrected chi connectivity index (χ2v) is 4.52. The summed E-state index contributed by atoms with van der Waals surface area (Å²) in [7, 11) is 0. The van der Waals surface area contributed by atoms with Crippen molar-refractivity contribution in [1.29, 1.82) is 0 Å². The lowest BCUT2D eigenvalue weighted by molar-refractivity contribution is -0.137. The molecule has 0 bridgehead atoms. The summed E-state index contributed by atoms with van der Waals surface area (Å²) in [5.41, 5.74) is 7.76. The standard InChI is InChI=1S/C15H18N2O3/c1-2-20-13-7-5-10(12(16)6-8-14(18)19)11-4-3-9-17-15(11)13/h3-5,7,9,12H,2,6,8,16H2,1H3,(H,18,19). The number of nitrogens with zero attached hydrogens (tertiary/aromatic N) is 1. The van der Waals surface area contributed by atoms with Gasteiger partial charge in [-0.3, -0.25) is 9.78 Å². The van der Waals surface area contributed by atoms with Crippen molar-refractivity contribution >= 4 is 16.9 Å². The molecule has 0 amide bonds. The molecule has 3 N–H and O–H groups in total. The predicted molar refractivity (Wildman–Crippen MR) is 76.7 cm³/mol. The SMILES string of the molecule is CCOc1ccc(C(N)CCC(=O)O)c2cccnc12. The fraction of sp³-hybridized carbons (Fsp3) is 0.333. The Balaban J connectivity index is 2.39. The molecule has 20 heavy (non-hydrogen) atoms. The van der Waals surface area contributed by atoms with Crippen LogP contribution in [-0.4, -0.2) is 22.7 Å². The van der Waals surface area contributed by atoms with Crippen LogP contribution in [0.4, 0.5) is 0 Å². The summed E-state index contributed by atoms with van der Waals surface area (Å²) < 4.78 is 5.55. The smallest absolute Gasteiger partial charge is 0.303 e. The molecule has 0 aliphatic heterocycles. The van der Waals surface area contributed by atoms with Gasteiger partial charge in [-0.15, -0.1) is 0 Å². The maximum absolute atomic E-state index is 10.7. The summed E-state index contributed by atoms with van der Waals surface area (Å²) >= 11 is 0. The summed E-state index contributed by atoms with van der Waals surface area (Å²) in [4.78, 5) is 15.0. The van der Waals surface area contributed by atoms with Gasteiger partial charge in [-0.2, -0.15) is 0 Å². The molecule has 0 aliphatic rings. The molecule has 0 aliphatic carbocycles. The fourth-order valence-electron chi connectivity index (χ4n) is 2.20. The largest absolute Gasteiger partial charge is 0.492 e. The van der Waals surface area contributed by atoms with Gasteiger partial charge in [0.15, 0.2) is 0 Å². The first-order chi connectivity index (χ1) is 9.63. The van der Waals surface area contributed by atoms with Gasteiger partial charge in [0, 0.05) is 24.0 Å². The Morgan fingerprint density at radius 1 is 1.45 bits per heavy atom. The van der Waals surface area contributed by atoms with Gasteiger partial charge in [0.05, 0.1) is 6.61 Å². The number of aromatic nitrogens is 1. The van der Waals surface area contributed by atoms with Crippen LogP contribution in [0.3, 0.4) is 0 Å². The van der Waals surface area contributed by atoms with Gasteiger partial charge in [-0.25, -0.2) is 0 Å². The molecule has 1 aromatic carbocycles. The van der Waals surface area contributed by atoms with E-state index in [9.17, 15) is 4.79 Å². The number of benzene rings is 1. The molecule has 0 saturated carbocycles. The van der Waals surface area contributed by atoms with E-state index in [4.69, 9.17) is 15.6 Å². The van der Waals surface area contributed by atoms with Crippen molar-refractivity contribution < 1.29 is 14.6 Å². The summed E-state index contributed by atoms with van der Waals surface area (Å²) in [6.07, 6.45) is 2.15. The van der Waals surface area contributed by atoms with Crippen LogP contribution in [0.2, 0.25) is 0 Å². The molecule has 2 rings (SSSR count). The quantitative estimate of drug-likeness (QED) is 0.845. The van der Waals surface area contributed by atoms with E-state index in [0.717, 1.165) is 22.2 Å². The highest BCUT2D eigenvalue weighted by Gasteiger charge is 2.14. The van der Waals surface area contributed by atoms with Crippen LogP contribution in [0.1, 0.15) is 31.4 Å². The van der Waals surface area contributed by atoms with Crippen molar-refractivity contribution in [2.24, 2.45) is 5.73 Å². The molecule has 0 saturated heterocycles. The molecule has 0 radical (unpaired) electrons. The van der Waals surface area contributed by atoms with Gasteiger partial charge in [-0.1, -0.05) is 12.1 Å². The number of hydrogen-bond donors (Lipinski definition) is 2. The number of carboxylic acid groups (broad SMARTS) is 1. The number of carbonyl (C=O) groups is 1. The van der Waals surface area contributed by atoms with Crippen molar-refractivity contribution in [3.63, 3.8) is 0 Å². The van der Waals surface area contributed by atoms with E-state index < -0.39 is 5.97 Å². The molecule has 5 heteroatoms. The minimum Gasteiger partial charge on any atom is -0.492 e. The summed E-state index contributed by atoms with van der Waals surface area (Å²) in [6.45, 7) is 2.48. The van der Waals surface area contributed by atoms with Crippen molar-refractivity contribution in [3.05, 3.63) is 36.0 Å². The molecule has 1 atom stereocenters. The van der Waals surface area contributed by atoms with Gasteiger partial charge >= 0.3 is 5.97 Å². The Labute approximate surface area is 117 Å². The maximum atomic E-state index is 10.7. The monoisotopic (exact) mass is 274 g/mol. The van der Waals surface area contributed by atoms with Crippen molar-refractivity contribution in [2.45, 2.75) is 25.8 Å². The first-order valence-electron chi connectivity index (χ1n) is 6.61. The Morgan fingerprint density at radius 3 is 2.95 bits per heavy atom. The van der Waals surface area contributed by atoms with E-state index in [2.05, 4.69) is 4.98 Å². The second kappa shape index (κ2) is 6.34. The van der Waals surface area contributed by atoms with Crippen LogP contribution >= 0.6 is 0 Å². The zero-order valence-electron chi connectivity index (χ0n) is 11.4. The zero-order chi connectivity index (χ0) is 14.5. The first-order valence-corrected chi connectivity index (χ1v) is 6.61. The number of carboxylic acids is 1. The highest BCUT2D eigenvalue weighted by atomic mass is 16.5. The number of hydrogen-bond acceptors (Lipinski definition) is 4. The van der Waals surface area contributed by atoms with Crippen LogP contribution in [0.25, 0.3) is 10.9 Å². The maximum Gasteiger partial charge on any atom is 0.303 e. The highest BCUT2D eigenvalue weighted by molar-refractivity contribution is 5.87. The molecule has 0 spiro atoms. The van der Waals surface area contributed by atoms with Crippen LogP contribution in [0, 0.1) is 0 Å². The predicted octanol–water partition coefficient (Wildman–Crippen LogP) is 2.50. The highest BCUT2D eigenvalue weighted by Crippen LogP contribution is 2.30. The molecule has 1 aromatic heterocycles. The number of fused-ring (bicyclic) bond motifs is 1. The fourth-order valence-corrected chi connectivity index (χ4v) is 2.20. The van der Waals surface area contributed by atoms with Gasteiger partial charge in [0.2, 0.25) is 0 Å². The lowest BCUT2D eigenvalue weighted by Gasteiger charge is -2.15. The van der Waals surface area contributed by atoms with Gasteiger partial charge in [-0.05, 0) is 31.0 Å².